The van der Waals surface area contributed by atoms with Gasteiger partial charge in [0, 0.05) is 0 Å². The summed E-state index contributed by atoms with van der Waals surface area (Å²) in [5.74, 6) is 0. The molecule has 0 saturated carbocycles. The molecule has 0 atom stereocenters. The Morgan fingerprint density at radius 3 is 1.75 bits per heavy atom. The minimum Gasteiger partial charge on any atom is -1.00 e. The van der Waals surface area contributed by atoms with Gasteiger partial charge in [0.05, 0.1) is 0 Å². The molecule has 0 spiro atoms. The summed E-state index contributed by atoms with van der Waals surface area (Å²) in [6.07, 6.45) is 1.99. The fraction of sp³-hybridized carbons (Fsp3) is 0. The third-order valence-corrected chi connectivity index (χ3v) is 1.39. The topological polar surface area (TPSA) is 0 Å². The van der Waals surface area contributed by atoms with Crippen LogP contribution in [-0.4, -0.2) is 52.7 Å². The van der Waals surface area contributed by atoms with Crippen molar-refractivity contribution in [1.82, 2.24) is 0 Å². The van der Waals surface area contributed by atoms with Gasteiger partial charge in [0.1, 0.15) is 0 Å². The number of halogens is 2. The van der Waals surface area contributed by atoms with Crippen LogP contribution in [0.3, 0.4) is 0 Å². The summed E-state index contributed by atoms with van der Waals surface area (Å²) in [5.41, 5.74) is 0. The van der Waals surface area contributed by atoms with Crippen LogP contribution >= 0.6 is 0 Å². The number of allylic oxidation sites excluding steroid dienone is 1. The first-order chi connectivity index (χ1) is 2.41. The zero-order valence-electron chi connectivity index (χ0n) is 3.86. The second-order valence-electron chi connectivity index (χ2n) is 0.462. The molecule has 0 aliphatic carbocycles. The fourth-order valence-electron chi connectivity index (χ4n) is 0.0373. The molecule has 0 aromatic rings. The quantitative estimate of drug-likeness (QED) is 0.203. The first-order valence-corrected chi connectivity index (χ1v) is 5.12. The van der Waals surface area contributed by atoms with Gasteiger partial charge in [-0.25, -0.2) is 0 Å². The Morgan fingerprint density at radius 2 is 1.75 bits per heavy atom. The Bertz CT molecular complexity index is 57.2. The van der Waals surface area contributed by atoms with Gasteiger partial charge >= 0.3 is 88.7 Å². The molecule has 0 N–H and O–H groups in total. The van der Waals surface area contributed by atoms with Gasteiger partial charge in [-0.2, -0.15) is 0 Å². The molecule has 5 heteroatoms. The minimum absolute atomic E-state index is 0. The normalized spacial score (nSPS) is 5.62. The molecule has 0 bridgehead atoms. The van der Waals surface area contributed by atoms with Crippen LogP contribution in [0, 0.1) is 0 Å². The van der Waals surface area contributed by atoms with Crippen molar-refractivity contribution in [2.24, 2.45) is 0 Å². The van der Waals surface area contributed by atoms with E-state index >= 15 is 0 Å². The van der Waals surface area contributed by atoms with Crippen molar-refractivity contribution in [2.75, 3.05) is 0 Å². The molecular formula is C3H3Bi2Cl2Zr. The fourth-order valence-corrected chi connectivity index (χ4v) is 2.87. The van der Waals surface area contributed by atoms with Crippen molar-refractivity contribution in [1.29, 1.82) is 0 Å². The van der Waals surface area contributed by atoms with E-state index in [0.29, 0.717) is 0 Å². The van der Waals surface area contributed by atoms with Crippen molar-refractivity contribution in [3.8, 4) is 0 Å². The van der Waals surface area contributed by atoms with E-state index in [4.69, 9.17) is 0 Å². The molecule has 0 fully saturated rings. The van der Waals surface area contributed by atoms with Crippen LogP contribution < -0.4 is 24.8 Å². The van der Waals surface area contributed by atoms with Gasteiger partial charge in [0.25, 0.3) is 0 Å². The zero-order valence-corrected chi connectivity index (χ0v) is 15.2. The summed E-state index contributed by atoms with van der Waals surface area (Å²) in [5, 5.41) is 0. The maximum atomic E-state index is 2.98. The second-order valence-corrected chi connectivity index (χ2v) is 2.76. The molecule has 43 valence electrons. The van der Waals surface area contributed by atoms with Crippen LogP contribution in [0.1, 0.15) is 0 Å². The first kappa shape index (κ1) is 22.4. The average molecular weight is 619 g/mol. The van der Waals surface area contributed by atoms with Crippen LogP contribution in [0.2, 0.25) is 0 Å². The van der Waals surface area contributed by atoms with Crippen LogP contribution in [0.5, 0.6) is 0 Å². The van der Waals surface area contributed by atoms with E-state index in [0.717, 1.165) is 0 Å². The molecule has 0 aliphatic heterocycles. The standard InChI is InChI=1S/C3H2.2Bi.2ClH.Zr.H/c1-3-2;;;;;;/h1,3H;;;2*1H;;/q-1;;;;;+3;/p-2. The Balaban J connectivity index is -0.0000000267. The molecule has 0 unspecified atom stereocenters. The van der Waals surface area contributed by atoms with Gasteiger partial charge < -0.3 is 24.8 Å². The maximum absolute atomic E-state index is 2.98. The molecule has 3 radical (unpaired) electrons. The molecule has 8 heavy (non-hydrogen) atoms. The largest absolute Gasteiger partial charge is 3.00 e. The van der Waals surface area contributed by atoms with Gasteiger partial charge in [-0.05, 0) is 0 Å². The number of rotatable bonds is 1. The average Bonchev–Trinajstić information content (AvgIpc) is 1.41. The van der Waals surface area contributed by atoms with E-state index in [1.165, 1.54) is 49.0 Å². The van der Waals surface area contributed by atoms with Crippen LogP contribution in [0.15, 0.2) is 9.86 Å². The van der Waals surface area contributed by atoms with Gasteiger partial charge in [0.2, 0.25) is 0 Å². The van der Waals surface area contributed by atoms with E-state index in [-0.39, 0.29) is 51.0 Å². The van der Waals surface area contributed by atoms with Crippen molar-refractivity contribution in [2.45, 2.75) is 0 Å². The summed E-state index contributed by atoms with van der Waals surface area (Å²) >= 11 is 2.42. The summed E-state index contributed by atoms with van der Waals surface area (Å²) in [7, 11) is 0. The third-order valence-electron chi connectivity index (χ3n) is 0.158. The van der Waals surface area contributed by atoms with E-state index in [1.54, 1.807) is 0 Å². The monoisotopic (exact) mass is 617 g/mol. The van der Waals surface area contributed by atoms with Crippen molar-refractivity contribution >= 4 is 52.7 Å². The van der Waals surface area contributed by atoms with Crippen molar-refractivity contribution in [3.05, 3.63) is 9.86 Å². The van der Waals surface area contributed by atoms with Crippen LogP contribution in [0.25, 0.3) is 0 Å². The Labute approximate surface area is 111 Å². The zero-order chi connectivity index (χ0) is 4.12. The minimum atomic E-state index is 0. The molecule has 0 aromatic heterocycles. The molecule has 0 amide bonds. The smallest absolute Gasteiger partial charge is 1.00 e. The van der Waals surface area contributed by atoms with Gasteiger partial charge in [-0.3, -0.25) is 0 Å². The summed E-state index contributed by atoms with van der Waals surface area (Å²) in [4.78, 5) is 0. The summed E-state index contributed by atoms with van der Waals surface area (Å²) < 4.78 is 5.09. The van der Waals surface area contributed by atoms with Gasteiger partial charge in [-0.15, -0.1) is 0 Å². The van der Waals surface area contributed by atoms with Crippen molar-refractivity contribution < 1.29 is 51.0 Å². The first-order valence-electron chi connectivity index (χ1n) is 1.13. The second kappa shape index (κ2) is 22.5. The van der Waals surface area contributed by atoms with Crippen LogP contribution in [-0.2, 0) is 26.2 Å². The summed E-state index contributed by atoms with van der Waals surface area (Å²) in [6, 6.07) is 0. The van der Waals surface area contributed by atoms with E-state index in [1.807, 2.05) is 6.08 Å². The third kappa shape index (κ3) is 23.2. The molecule has 0 aliphatic rings. The SMILES string of the molecule is [Bi]=[C-]C=[CH][BiH].[Cl-].[Cl-].[Zr+3]. The molecule has 0 nitrogen and oxygen atoms in total. The molecule has 0 saturated heterocycles. The van der Waals surface area contributed by atoms with E-state index in [9.17, 15) is 0 Å². The van der Waals surface area contributed by atoms with Crippen molar-refractivity contribution in [3.63, 3.8) is 0 Å². The van der Waals surface area contributed by atoms with Gasteiger partial charge in [-0.1, -0.05) is 0 Å². The Kier molecular flexibility index (Phi) is 63.2. The number of hydrogen-bond donors (Lipinski definition) is 0. The molecule has 0 rings (SSSR count). The summed E-state index contributed by atoms with van der Waals surface area (Å²) in [6.45, 7) is 0. The van der Waals surface area contributed by atoms with E-state index < -0.39 is 0 Å². The number of hydrogen-bond acceptors (Lipinski definition) is 0. The molecule has 0 aromatic carbocycles. The Morgan fingerprint density at radius 1 is 1.38 bits per heavy atom. The molecular weight excluding hydrogens is 616 g/mol. The van der Waals surface area contributed by atoms with Gasteiger partial charge in [0.15, 0.2) is 0 Å². The molecule has 0 heterocycles. The maximum Gasteiger partial charge on any atom is 3.00 e. The Hall–Kier alpha value is 2.84. The predicted molar refractivity (Wildman–Crippen MR) is 27.0 cm³/mol. The predicted octanol–water partition coefficient (Wildman–Crippen LogP) is -6.75. The van der Waals surface area contributed by atoms with Crippen LogP contribution in [0.4, 0.5) is 0 Å². The van der Waals surface area contributed by atoms with E-state index in [2.05, 4.69) is 7.49 Å².